The number of nitrogens with zero attached hydrogens (tertiary/aromatic N) is 2. The van der Waals surface area contributed by atoms with Crippen LogP contribution in [0.3, 0.4) is 0 Å². The third-order valence-electron chi connectivity index (χ3n) is 3.05. The molecule has 0 amide bonds. The van der Waals surface area contributed by atoms with Gasteiger partial charge in [-0.1, -0.05) is 48.4 Å². The minimum atomic E-state index is 0.590. The maximum atomic E-state index is 6.18. The lowest BCUT2D eigenvalue weighted by atomic mass is 10.1. The summed E-state index contributed by atoms with van der Waals surface area (Å²) in [5.41, 5.74) is 4.50. The van der Waals surface area contributed by atoms with Crippen molar-refractivity contribution in [3.63, 3.8) is 0 Å². The SMILES string of the molecule is CCc1c(C)nc(Cc2ccc(C)cc2)nc1Cl. The Morgan fingerprint density at radius 2 is 1.72 bits per heavy atom. The fraction of sp³-hybridized carbons (Fsp3) is 0.333. The normalized spacial score (nSPS) is 10.7. The second-order valence-corrected chi connectivity index (χ2v) is 4.87. The van der Waals surface area contributed by atoms with Gasteiger partial charge in [-0.2, -0.15) is 0 Å². The average molecular weight is 261 g/mol. The van der Waals surface area contributed by atoms with Gasteiger partial charge in [0.2, 0.25) is 0 Å². The van der Waals surface area contributed by atoms with E-state index in [2.05, 4.69) is 48.1 Å². The van der Waals surface area contributed by atoms with Crippen LogP contribution >= 0.6 is 11.6 Å². The number of aryl methyl sites for hydroxylation is 2. The summed E-state index contributed by atoms with van der Waals surface area (Å²) in [6.07, 6.45) is 1.60. The predicted octanol–water partition coefficient (Wildman–Crippen LogP) is 3.90. The Bertz CT molecular complexity index is 524. The summed E-state index contributed by atoms with van der Waals surface area (Å²) in [5, 5.41) is 0.590. The van der Waals surface area contributed by atoms with E-state index in [0.29, 0.717) is 5.15 Å². The number of hydrogen-bond donors (Lipinski definition) is 0. The first-order valence-corrected chi connectivity index (χ1v) is 6.55. The van der Waals surface area contributed by atoms with E-state index in [1.54, 1.807) is 0 Å². The largest absolute Gasteiger partial charge is 0.237 e. The molecule has 1 heterocycles. The van der Waals surface area contributed by atoms with Gasteiger partial charge in [0.1, 0.15) is 11.0 Å². The number of rotatable bonds is 3. The average Bonchev–Trinajstić information content (AvgIpc) is 2.32. The Labute approximate surface area is 113 Å². The van der Waals surface area contributed by atoms with Crippen molar-refractivity contribution in [2.24, 2.45) is 0 Å². The quantitative estimate of drug-likeness (QED) is 0.783. The molecule has 0 saturated carbocycles. The molecule has 1 aromatic carbocycles. The van der Waals surface area contributed by atoms with Gasteiger partial charge in [-0.05, 0) is 25.8 Å². The lowest BCUT2D eigenvalue weighted by Gasteiger charge is -2.08. The Kier molecular flexibility index (Phi) is 3.97. The maximum absolute atomic E-state index is 6.18. The molecule has 0 aliphatic heterocycles. The number of halogens is 1. The molecule has 0 atom stereocenters. The van der Waals surface area contributed by atoms with Crippen LogP contribution in [0.5, 0.6) is 0 Å². The van der Waals surface area contributed by atoms with Crippen molar-refractivity contribution in [2.45, 2.75) is 33.6 Å². The molecule has 2 rings (SSSR count). The molecule has 2 aromatic rings. The summed E-state index contributed by atoms with van der Waals surface area (Å²) in [6.45, 7) is 6.14. The molecule has 1 aromatic heterocycles. The first-order chi connectivity index (χ1) is 8.60. The van der Waals surface area contributed by atoms with Crippen molar-refractivity contribution >= 4 is 11.6 Å². The number of benzene rings is 1. The lowest BCUT2D eigenvalue weighted by molar-refractivity contribution is 0.904. The summed E-state index contributed by atoms with van der Waals surface area (Å²) >= 11 is 6.18. The van der Waals surface area contributed by atoms with Gasteiger partial charge in [-0.15, -0.1) is 0 Å². The molecule has 0 radical (unpaired) electrons. The van der Waals surface area contributed by atoms with Gasteiger partial charge in [-0.3, -0.25) is 0 Å². The zero-order chi connectivity index (χ0) is 13.1. The highest BCUT2D eigenvalue weighted by Gasteiger charge is 2.08. The topological polar surface area (TPSA) is 25.8 Å². The van der Waals surface area contributed by atoms with Gasteiger partial charge in [0, 0.05) is 17.7 Å². The van der Waals surface area contributed by atoms with E-state index in [-0.39, 0.29) is 0 Å². The maximum Gasteiger partial charge on any atom is 0.136 e. The smallest absolute Gasteiger partial charge is 0.136 e. The predicted molar refractivity (Wildman–Crippen MR) is 75.1 cm³/mol. The van der Waals surface area contributed by atoms with E-state index in [0.717, 1.165) is 29.9 Å². The van der Waals surface area contributed by atoms with Crippen LogP contribution in [-0.4, -0.2) is 9.97 Å². The molecule has 0 bridgehead atoms. The molecule has 0 N–H and O–H groups in total. The van der Waals surface area contributed by atoms with Gasteiger partial charge < -0.3 is 0 Å². The van der Waals surface area contributed by atoms with Crippen molar-refractivity contribution in [1.82, 2.24) is 9.97 Å². The standard InChI is InChI=1S/C15H17ClN2/c1-4-13-11(3)17-14(18-15(13)16)9-12-7-5-10(2)6-8-12/h5-8H,4,9H2,1-3H3. The van der Waals surface area contributed by atoms with Crippen LogP contribution in [-0.2, 0) is 12.8 Å². The van der Waals surface area contributed by atoms with E-state index in [4.69, 9.17) is 11.6 Å². The van der Waals surface area contributed by atoms with Gasteiger partial charge in [-0.25, -0.2) is 9.97 Å². The molecule has 94 valence electrons. The first kappa shape index (κ1) is 13.0. The highest BCUT2D eigenvalue weighted by atomic mass is 35.5. The van der Waals surface area contributed by atoms with Gasteiger partial charge in [0.15, 0.2) is 0 Å². The van der Waals surface area contributed by atoms with Crippen LogP contribution in [0.25, 0.3) is 0 Å². The number of aromatic nitrogens is 2. The first-order valence-electron chi connectivity index (χ1n) is 6.17. The zero-order valence-corrected chi connectivity index (χ0v) is 11.8. The highest BCUT2D eigenvalue weighted by molar-refractivity contribution is 6.30. The van der Waals surface area contributed by atoms with Crippen LogP contribution in [0.4, 0.5) is 0 Å². The van der Waals surface area contributed by atoms with Gasteiger partial charge in [0.05, 0.1) is 0 Å². The minimum Gasteiger partial charge on any atom is -0.237 e. The van der Waals surface area contributed by atoms with Crippen molar-refractivity contribution < 1.29 is 0 Å². The summed E-state index contributed by atoms with van der Waals surface area (Å²) in [4.78, 5) is 8.90. The molecular weight excluding hydrogens is 244 g/mol. The van der Waals surface area contributed by atoms with Gasteiger partial charge >= 0.3 is 0 Å². The third-order valence-corrected chi connectivity index (χ3v) is 3.36. The van der Waals surface area contributed by atoms with Crippen LogP contribution in [0, 0.1) is 13.8 Å². The Morgan fingerprint density at radius 1 is 1.06 bits per heavy atom. The second kappa shape index (κ2) is 5.49. The fourth-order valence-corrected chi connectivity index (χ4v) is 2.35. The third kappa shape index (κ3) is 2.88. The molecule has 0 saturated heterocycles. The van der Waals surface area contributed by atoms with Crippen LogP contribution in [0.2, 0.25) is 5.15 Å². The van der Waals surface area contributed by atoms with Gasteiger partial charge in [0.25, 0.3) is 0 Å². The summed E-state index contributed by atoms with van der Waals surface area (Å²) in [6, 6.07) is 8.42. The minimum absolute atomic E-state index is 0.590. The van der Waals surface area contributed by atoms with E-state index in [9.17, 15) is 0 Å². The summed E-state index contributed by atoms with van der Waals surface area (Å²) < 4.78 is 0. The number of hydrogen-bond acceptors (Lipinski definition) is 2. The Hall–Kier alpha value is -1.41. The van der Waals surface area contributed by atoms with E-state index < -0.39 is 0 Å². The molecule has 0 spiro atoms. The second-order valence-electron chi connectivity index (χ2n) is 4.51. The molecule has 18 heavy (non-hydrogen) atoms. The zero-order valence-electron chi connectivity index (χ0n) is 11.0. The molecule has 0 aliphatic rings. The highest BCUT2D eigenvalue weighted by Crippen LogP contribution is 2.18. The van der Waals surface area contributed by atoms with E-state index in [1.165, 1.54) is 11.1 Å². The van der Waals surface area contributed by atoms with Crippen molar-refractivity contribution in [1.29, 1.82) is 0 Å². The van der Waals surface area contributed by atoms with E-state index >= 15 is 0 Å². The fourth-order valence-electron chi connectivity index (χ4n) is 1.99. The molecule has 0 aliphatic carbocycles. The monoisotopic (exact) mass is 260 g/mol. The molecule has 0 unspecified atom stereocenters. The molecule has 2 nitrogen and oxygen atoms in total. The molecule has 3 heteroatoms. The Balaban J connectivity index is 2.27. The van der Waals surface area contributed by atoms with Crippen LogP contribution < -0.4 is 0 Å². The van der Waals surface area contributed by atoms with Crippen molar-refractivity contribution in [3.8, 4) is 0 Å². The van der Waals surface area contributed by atoms with E-state index in [1.807, 2.05) is 6.92 Å². The van der Waals surface area contributed by atoms with Crippen molar-refractivity contribution in [2.75, 3.05) is 0 Å². The lowest BCUT2D eigenvalue weighted by Crippen LogP contribution is -2.03. The van der Waals surface area contributed by atoms with Crippen molar-refractivity contribution in [3.05, 3.63) is 57.6 Å². The summed E-state index contributed by atoms with van der Waals surface area (Å²) in [5.74, 6) is 0.790. The van der Waals surface area contributed by atoms with Crippen LogP contribution in [0.1, 0.15) is 35.1 Å². The van der Waals surface area contributed by atoms with Crippen LogP contribution in [0.15, 0.2) is 24.3 Å². The molecular formula is C15H17ClN2. The summed E-state index contributed by atoms with van der Waals surface area (Å²) in [7, 11) is 0. The Morgan fingerprint density at radius 3 is 2.28 bits per heavy atom. The molecule has 0 fully saturated rings.